The van der Waals surface area contributed by atoms with Gasteiger partial charge in [0.15, 0.2) is 0 Å². The minimum absolute atomic E-state index is 0.460. The molecule has 1 aromatic heterocycles. The highest BCUT2D eigenvalue weighted by Crippen LogP contribution is 2.19. The van der Waals surface area contributed by atoms with Gasteiger partial charge in [0.2, 0.25) is 10.0 Å². The second-order valence-electron chi connectivity index (χ2n) is 4.94. The quantitative estimate of drug-likeness (QED) is 0.795. The van der Waals surface area contributed by atoms with Crippen molar-refractivity contribution < 1.29 is 8.42 Å². The first-order valence-corrected chi connectivity index (χ1v) is 7.68. The summed E-state index contributed by atoms with van der Waals surface area (Å²) in [6.07, 6.45) is 3.98. The van der Waals surface area contributed by atoms with Crippen molar-refractivity contribution in [2.24, 2.45) is 7.05 Å². The summed E-state index contributed by atoms with van der Waals surface area (Å²) in [5.74, 6) is 0. The Morgan fingerprint density at radius 2 is 2.22 bits per heavy atom. The fourth-order valence-corrected chi connectivity index (χ4v) is 2.71. The third kappa shape index (κ3) is 3.23. The Hall–Kier alpha value is -1.08. The van der Waals surface area contributed by atoms with Gasteiger partial charge in [-0.3, -0.25) is 9.40 Å². The van der Waals surface area contributed by atoms with Crippen LogP contribution in [0.25, 0.3) is 0 Å². The van der Waals surface area contributed by atoms with Crippen LogP contribution in [0, 0.1) is 6.92 Å². The van der Waals surface area contributed by atoms with E-state index >= 15 is 0 Å². The summed E-state index contributed by atoms with van der Waals surface area (Å²) < 4.78 is 28.4. The van der Waals surface area contributed by atoms with Crippen molar-refractivity contribution in [3.63, 3.8) is 0 Å². The zero-order valence-corrected chi connectivity index (χ0v) is 11.8. The molecule has 6 nitrogen and oxygen atoms in total. The first-order chi connectivity index (χ1) is 8.38. The summed E-state index contributed by atoms with van der Waals surface area (Å²) in [6.45, 7) is 3.98. The maximum atomic E-state index is 12.1. The fraction of sp³-hybridized carbons (Fsp3) is 0.727. The van der Waals surface area contributed by atoms with Gasteiger partial charge in [0.05, 0.1) is 16.6 Å². The molecule has 0 radical (unpaired) electrons. The largest absolute Gasteiger partial charge is 0.313 e. The Balaban J connectivity index is 1.98. The molecule has 0 saturated heterocycles. The summed E-state index contributed by atoms with van der Waals surface area (Å²) in [7, 11) is -1.59. The highest BCUT2D eigenvalue weighted by molar-refractivity contribution is 7.93. The van der Waals surface area contributed by atoms with Crippen LogP contribution in [0.2, 0.25) is 0 Å². The van der Waals surface area contributed by atoms with Crippen LogP contribution < -0.4 is 10.0 Å². The summed E-state index contributed by atoms with van der Waals surface area (Å²) in [5, 5.41) is 6.88. The Kier molecular flexibility index (Phi) is 3.63. The molecule has 0 bridgehead atoms. The van der Waals surface area contributed by atoms with Gasteiger partial charge in [-0.15, -0.1) is 0 Å². The molecule has 0 aliphatic heterocycles. The number of sulfonamides is 1. The van der Waals surface area contributed by atoms with E-state index in [1.54, 1.807) is 31.8 Å². The Morgan fingerprint density at radius 1 is 1.56 bits per heavy atom. The summed E-state index contributed by atoms with van der Waals surface area (Å²) in [4.78, 5) is 0. The average Bonchev–Trinajstić information content (AvgIpc) is 3.03. The zero-order valence-electron chi connectivity index (χ0n) is 11.0. The van der Waals surface area contributed by atoms with Crippen molar-refractivity contribution in [2.75, 3.05) is 11.3 Å². The monoisotopic (exact) mass is 272 g/mol. The molecule has 1 aliphatic carbocycles. The Morgan fingerprint density at radius 3 is 2.72 bits per heavy atom. The normalized spacial score (nSPS) is 17.7. The number of nitrogens with one attached hydrogen (secondary N) is 2. The van der Waals surface area contributed by atoms with E-state index in [2.05, 4.69) is 15.1 Å². The summed E-state index contributed by atoms with van der Waals surface area (Å²) in [6, 6.07) is 0.516. The second kappa shape index (κ2) is 4.89. The lowest BCUT2D eigenvalue weighted by molar-refractivity contribution is 0.576. The van der Waals surface area contributed by atoms with Crippen LogP contribution in [-0.2, 0) is 17.1 Å². The van der Waals surface area contributed by atoms with Crippen molar-refractivity contribution in [1.82, 2.24) is 15.1 Å². The van der Waals surface area contributed by atoms with E-state index in [4.69, 9.17) is 0 Å². The van der Waals surface area contributed by atoms with Gasteiger partial charge in [-0.2, -0.15) is 5.10 Å². The lowest BCUT2D eigenvalue weighted by atomic mass is 10.4. The number of hydrogen-bond acceptors (Lipinski definition) is 4. The molecule has 1 unspecified atom stereocenters. The second-order valence-corrected chi connectivity index (χ2v) is 7.04. The third-order valence-electron chi connectivity index (χ3n) is 3.07. The molecular formula is C11H20N4O2S. The molecule has 1 atom stereocenters. The molecule has 1 fully saturated rings. The van der Waals surface area contributed by atoms with Crippen LogP contribution in [0.3, 0.4) is 0 Å². The first-order valence-electron chi connectivity index (χ1n) is 6.14. The van der Waals surface area contributed by atoms with Crippen molar-refractivity contribution in [2.45, 2.75) is 38.0 Å². The molecule has 1 aromatic rings. The highest BCUT2D eigenvalue weighted by atomic mass is 32.2. The number of aromatic nitrogens is 2. The number of anilines is 1. The van der Waals surface area contributed by atoms with Crippen LogP contribution in [0.1, 0.15) is 25.5 Å². The summed E-state index contributed by atoms with van der Waals surface area (Å²) in [5.41, 5.74) is 1.24. The van der Waals surface area contributed by atoms with E-state index in [1.165, 1.54) is 0 Å². The van der Waals surface area contributed by atoms with Crippen LogP contribution in [0.5, 0.6) is 0 Å². The van der Waals surface area contributed by atoms with E-state index in [0.717, 1.165) is 12.8 Å². The summed E-state index contributed by atoms with van der Waals surface area (Å²) >= 11 is 0. The van der Waals surface area contributed by atoms with Gasteiger partial charge >= 0.3 is 0 Å². The minimum Gasteiger partial charge on any atom is -0.313 e. The molecule has 0 amide bonds. The van der Waals surface area contributed by atoms with Gasteiger partial charge in [-0.1, -0.05) is 0 Å². The SMILES string of the molecule is Cc1nn(C)cc1NS(=O)(=O)C(C)CNC1CC1. The molecule has 1 aliphatic rings. The molecule has 0 aromatic carbocycles. The standard InChI is InChI=1S/C11H20N4O2S/c1-8(6-12-10-4-5-10)18(16,17)14-11-7-15(3)13-9(11)2/h7-8,10,12,14H,4-6H2,1-3H3. The molecule has 1 saturated carbocycles. The maximum absolute atomic E-state index is 12.1. The molecule has 2 N–H and O–H groups in total. The molecule has 18 heavy (non-hydrogen) atoms. The predicted molar refractivity (Wildman–Crippen MR) is 71.0 cm³/mol. The van der Waals surface area contributed by atoms with Gasteiger partial charge in [-0.25, -0.2) is 8.42 Å². The van der Waals surface area contributed by atoms with Gasteiger partial charge in [0.1, 0.15) is 0 Å². The minimum atomic E-state index is -3.36. The van der Waals surface area contributed by atoms with Crippen molar-refractivity contribution in [3.8, 4) is 0 Å². The van der Waals surface area contributed by atoms with Crippen LogP contribution in [0.15, 0.2) is 6.20 Å². The van der Waals surface area contributed by atoms with Crippen molar-refractivity contribution >= 4 is 15.7 Å². The Labute approximate surface area is 108 Å². The van der Waals surface area contributed by atoms with Crippen LogP contribution >= 0.6 is 0 Å². The van der Waals surface area contributed by atoms with Crippen LogP contribution in [-0.4, -0.2) is 36.0 Å². The van der Waals surface area contributed by atoms with Crippen molar-refractivity contribution in [3.05, 3.63) is 11.9 Å². The number of aryl methyl sites for hydroxylation is 2. The fourth-order valence-electron chi connectivity index (χ4n) is 1.68. The smallest absolute Gasteiger partial charge is 0.236 e. The lowest BCUT2D eigenvalue weighted by Gasteiger charge is -2.14. The van der Waals surface area contributed by atoms with E-state index in [1.807, 2.05) is 0 Å². The van der Waals surface area contributed by atoms with Gasteiger partial charge in [0, 0.05) is 25.8 Å². The molecule has 2 rings (SSSR count). The average molecular weight is 272 g/mol. The molecule has 0 spiro atoms. The number of rotatable bonds is 6. The van der Waals surface area contributed by atoms with E-state index < -0.39 is 15.3 Å². The third-order valence-corrected chi connectivity index (χ3v) is 4.80. The number of hydrogen-bond donors (Lipinski definition) is 2. The van der Waals surface area contributed by atoms with Gasteiger partial charge < -0.3 is 5.32 Å². The van der Waals surface area contributed by atoms with E-state index in [9.17, 15) is 8.42 Å². The Bertz CT molecular complexity index is 519. The number of nitrogens with zero attached hydrogens (tertiary/aromatic N) is 2. The lowest BCUT2D eigenvalue weighted by Crippen LogP contribution is -2.35. The topological polar surface area (TPSA) is 76.0 Å². The molecule has 102 valence electrons. The van der Waals surface area contributed by atoms with E-state index in [0.29, 0.717) is 24.0 Å². The van der Waals surface area contributed by atoms with Gasteiger partial charge in [0.25, 0.3) is 0 Å². The van der Waals surface area contributed by atoms with Crippen molar-refractivity contribution in [1.29, 1.82) is 0 Å². The van der Waals surface area contributed by atoms with Crippen LogP contribution in [0.4, 0.5) is 5.69 Å². The van der Waals surface area contributed by atoms with Gasteiger partial charge in [-0.05, 0) is 26.7 Å². The highest BCUT2D eigenvalue weighted by Gasteiger charge is 2.26. The van der Waals surface area contributed by atoms with E-state index in [-0.39, 0.29) is 0 Å². The first kappa shape index (κ1) is 13.4. The maximum Gasteiger partial charge on any atom is 0.236 e. The zero-order chi connectivity index (χ0) is 13.3. The molecular weight excluding hydrogens is 252 g/mol. The predicted octanol–water partition coefficient (Wildman–Crippen LogP) is 0.611. The molecule has 1 heterocycles. The molecule has 7 heteroatoms.